The van der Waals surface area contributed by atoms with Crippen molar-refractivity contribution in [2.45, 2.75) is 46.0 Å². The van der Waals surface area contributed by atoms with Gasteiger partial charge in [-0.2, -0.15) is 0 Å². The summed E-state index contributed by atoms with van der Waals surface area (Å²) in [6, 6.07) is 5.30. The molecule has 0 radical (unpaired) electrons. The molecule has 2 rings (SSSR count). The van der Waals surface area contributed by atoms with Crippen LogP contribution in [-0.4, -0.2) is 5.84 Å². The minimum atomic E-state index is -0.253. The molecule has 0 aliphatic carbocycles. The number of hydrogen-bond acceptors (Lipinski definition) is 4. The van der Waals surface area contributed by atoms with Crippen molar-refractivity contribution in [3.63, 3.8) is 0 Å². The van der Waals surface area contributed by atoms with Crippen molar-refractivity contribution < 1.29 is 4.39 Å². The maximum absolute atomic E-state index is 13.9. The Kier molecular flexibility index (Phi) is 4.37. The van der Waals surface area contributed by atoms with Gasteiger partial charge in [0, 0.05) is 0 Å². The number of nitrogens with one attached hydrogen (secondary N) is 2. The van der Waals surface area contributed by atoms with Crippen molar-refractivity contribution in [3.8, 4) is 0 Å². The second-order valence-corrected chi connectivity index (χ2v) is 4.97. The first kappa shape index (κ1) is 13.8. The fraction of sp³-hybridized carbons (Fsp3) is 0.500. The van der Waals surface area contributed by atoms with Crippen LogP contribution in [-0.2, 0) is 0 Å². The molecule has 0 saturated heterocycles. The van der Waals surface area contributed by atoms with Gasteiger partial charge >= 0.3 is 0 Å². The first-order chi connectivity index (χ1) is 9.13. The summed E-state index contributed by atoms with van der Waals surface area (Å²) < 4.78 is 13.9. The zero-order valence-electron chi connectivity index (χ0n) is 11.7. The van der Waals surface area contributed by atoms with Crippen molar-refractivity contribution >= 4 is 11.5 Å². The Morgan fingerprint density at radius 1 is 1.42 bits per heavy atom. The second kappa shape index (κ2) is 6.02. The van der Waals surface area contributed by atoms with Crippen molar-refractivity contribution in [2.24, 2.45) is 5.10 Å². The topological polar surface area (TPSA) is 39.7 Å². The number of hydrazone groups is 1. The van der Waals surface area contributed by atoms with E-state index in [1.807, 2.05) is 19.1 Å². The van der Waals surface area contributed by atoms with E-state index in [0.29, 0.717) is 17.4 Å². The van der Waals surface area contributed by atoms with Crippen LogP contribution in [0.2, 0.25) is 0 Å². The predicted molar refractivity (Wildman–Crippen MR) is 76.2 cm³/mol. The number of amidine groups is 1. The fourth-order valence-corrected chi connectivity index (χ4v) is 2.21. The molecule has 1 aromatic carbocycles. The second-order valence-electron chi connectivity index (χ2n) is 4.97. The summed E-state index contributed by atoms with van der Waals surface area (Å²) in [6.07, 6.45) is 3.50. The average Bonchev–Trinajstić information content (AvgIpc) is 2.82. The van der Waals surface area contributed by atoms with E-state index in [4.69, 9.17) is 0 Å². The Balaban J connectivity index is 2.22. The van der Waals surface area contributed by atoms with Crippen LogP contribution in [0, 0.1) is 5.82 Å². The van der Waals surface area contributed by atoms with Crippen LogP contribution in [0.3, 0.4) is 0 Å². The number of rotatable bonds is 5. The van der Waals surface area contributed by atoms with Crippen LogP contribution in [0.1, 0.15) is 51.5 Å². The van der Waals surface area contributed by atoms with E-state index in [1.165, 1.54) is 18.9 Å². The first-order valence-corrected chi connectivity index (χ1v) is 6.78. The van der Waals surface area contributed by atoms with E-state index in [1.54, 1.807) is 5.01 Å². The van der Waals surface area contributed by atoms with Gasteiger partial charge < -0.3 is 0 Å². The highest BCUT2D eigenvalue weighted by atomic mass is 19.1. The Morgan fingerprint density at radius 2 is 2.21 bits per heavy atom. The summed E-state index contributed by atoms with van der Waals surface area (Å²) in [5, 5.41) is 5.59. The van der Waals surface area contributed by atoms with Gasteiger partial charge in [0.1, 0.15) is 11.7 Å². The molecular formula is C14H21FN4. The molecule has 0 fully saturated rings. The number of hydrogen-bond donors (Lipinski definition) is 2. The molecule has 0 bridgehead atoms. The van der Waals surface area contributed by atoms with Gasteiger partial charge in [-0.25, -0.2) is 14.9 Å². The molecule has 5 heteroatoms. The Bertz CT molecular complexity index is 473. The number of benzene rings is 1. The third kappa shape index (κ3) is 3.04. The third-order valence-electron chi connectivity index (χ3n) is 3.47. The van der Waals surface area contributed by atoms with Crippen LogP contribution in [0.15, 0.2) is 23.3 Å². The Labute approximate surface area is 113 Å². The van der Waals surface area contributed by atoms with E-state index in [9.17, 15) is 4.39 Å². The van der Waals surface area contributed by atoms with Crippen molar-refractivity contribution in [2.75, 3.05) is 5.01 Å². The number of unbranched alkanes of at least 4 members (excludes halogenated alkanes) is 1. The van der Waals surface area contributed by atoms with Crippen molar-refractivity contribution in [1.29, 1.82) is 0 Å². The fourth-order valence-electron chi connectivity index (χ4n) is 2.21. The van der Waals surface area contributed by atoms with Gasteiger partial charge in [-0.15, -0.1) is 10.6 Å². The molecule has 0 saturated carbocycles. The monoisotopic (exact) mass is 264 g/mol. The van der Waals surface area contributed by atoms with Crippen molar-refractivity contribution in [3.05, 3.63) is 29.6 Å². The molecule has 0 aromatic heterocycles. The quantitative estimate of drug-likeness (QED) is 0.857. The highest BCUT2D eigenvalue weighted by molar-refractivity contribution is 5.96. The van der Waals surface area contributed by atoms with Crippen molar-refractivity contribution in [1.82, 2.24) is 11.1 Å². The van der Waals surface area contributed by atoms with E-state index >= 15 is 0 Å². The number of hydrazine groups is 2. The lowest BCUT2D eigenvalue weighted by Crippen LogP contribution is -2.40. The van der Waals surface area contributed by atoms with Gasteiger partial charge in [0.2, 0.25) is 0 Å². The summed E-state index contributed by atoms with van der Waals surface area (Å²) >= 11 is 0. The van der Waals surface area contributed by atoms with Gasteiger partial charge in [-0.05, 0) is 37.0 Å². The summed E-state index contributed by atoms with van der Waals surface area (Å²) in [7, 11) is 0. The van der Waals surface area contributed by atoms with E-state index in [-0.39, 0.29) is 5.82 Å². The van der Waals surface area contributed by atoms with Crippen LogP contribution in [0.5, 0.6) is 0 Å². The van der Waals surface area contributed by atoms with Gasteiger partial charge in [0.05, 0.1) is 5.69 Å². The predicted octanol–water partition coefficient (Wildman–Crippen LogP) is 3.28. The molecule has 4 nitrogen and oxygen atoms in total. The van der Waals surface area contributed by atoms with Gasteiger partial charge in [-0.3, -0.25) is 0 Å². The summed E-state index contributed by atoms with van der Waals surface area (Å²) in [4.78, 5) is 0. The van der Waals surface area contributed by atoms with Crippen LogP contribution in [0.25, 0.3) is 0 Å². The standard InChI is InChI=1S/C14H21FN4/c1-4-5-6-10(2)12-7-8-13(15)14(9-12)19-11(3)16-17-18-19/h7-10,17-18H,4-6H2,1-3H3. The van der Waals surface area contributed by atoms with Crippen LogP contribution in [0.4, 0.5) is 10.1 Å². The molecule has 1 aliphatic rings. The molecule has 1 aliphatic heterocycles. The summed E-state index contributed by atoms with van der Waals surface area (Å²) in [5.74, 6) is 0.876. The van der Waals surface area contributed by atoms with Gasteiger partial charge in [0.25, 0.3) is 0 Å². The largest absolute Gasteiger partial charge is 0.240 e. The molecule has 19 heavy (non-hydrogen) atoms. The lowest BCUT2D eigenvalue weighted by atomic mass is 9.95. The maximum atomic E-state index is 13.9. The lowest BCUT2D eigenvalue weighted by Gasteiger charge is -2.20. The zero-order chi connectivity index (χ0) is 13.8. The summed E-state index contributed by atoms with van der Waals surface area (Å²) in [6.45, 7) is 6.19. The van der Waals surface area contributed by atoms with Crippen LogP contribution < -0.4 is 16.1 Å². The molecule has 1 unspecified atom stereocenters. The smallest absolute Gasteiger partial charge is 0.148 e. The average molecular weight is 264 g/mol. The Morgan fingerprint density at radius 3 is 2.84 bits per heavy atom. The number of anilines is 1. The Hall–Kier alpha value is -1.62. The molecular weight excluding hydrogens is 243 g/mol. The van der Waals surface area contributed by atoms with Crippen LogP contribution >= 0.6 is 0 Å². The third-order valence-corrected chi connectivity index (χ3v) is 3.47. The molecule has 0 amide bonds. The highest BCUT2D eigenvalue weighted by Gasteiger charge is 2.19. The van der Waals surface area contributed by atoms with E-state index in [2.05, 4.69) is 30.0 Å². The lowest BCUT2D eigenvalue weighted by molar-refractivity contribution is 0.586. The molecule has 0 spiro atoms. The minimum absolute atomic E-state index is 0.253. The molecule has 2 N–H and O–H groups in total. The molecule has 1 heterocycles. The van der Waals surface area contributed by atoms with E-state index in [0.717, 1.165) is 12.0 Å². The SMILES string of the molecule is CCCCC(C)c1ccc(F)c(N2NNN=C2C)c1. The molecule has 1 aromatic rings. The zero-order valence-corrected chi connectivity index (χ0v) is 11.7. The number of halogens is 1. The first-order valence-electron chi connectivity index (χ1n) is 6.78. The van der Waals surface area contributed by atoms with Gasteiger partial charge in [0.15, 0.2) is 0 Å². The number of nitrogens with zero attached hydrogens (tertiary/aromatic N) is 2. The maximum Gasteiger partial charge on any atom is 0.148 e. The minimum Gasteiger partial charge on any atom is -0.240 e. The molecule has 104 valence electrons. The summed E-state index contributed by atoms with van der Waals surface area (Å²) in [5.41, 5.74) is 7.11. The molecule has 1 atom stereocenters. The van der Waals surface area contributed by atoms with E-state index < -0.39 is 0 Å². The normalized spacial score (nSPS) is 16.2. The highest BCUT2D eigenvalue weighted by Crippen LogP contribution is 2.27. The van der Waals surface area contributed by atoms with Gasteiger partial charge in [-0.1, -0.05) is 32.8 Å².